The second kappa shape index (κ2) is 9.39. The van der Waals surface area contributed by atoms with Gasteiger partial charge >= 0.3 is 0 Å². The number of phenolic OH excluding ortho intramolecular Hbond substituents is 2. The molecule has 2 heterocycles. The van der Waals surface area contributed by atoms with Crippen molar-refractivity contribution in [3.63, 3.8) is 0 Å². The molecule has 0 aromatic heterocycles. The minimum atomic E-state index is -0.383. The summed E-state index contributed by atoms with van der Waals surface area (Å²) < 4.78 is 24.9. The van der Waals surface area contributed by atoms with Crippen molar-refractivity contribution < 1.29 is 24.1 Å². The molecule has 34 heavy (non-hydrogen) atoms. The number of nitrogens with zero attached hydrogens (tertiary/aromatic N) is 1. The number of phenols is 2. The van der Waals surface area contributed by atoms with Crippen molar-refractivity contribution >= 4 is 11.1 Å². The Kier molecular flexibility index (Phi) is 6.16. The quantitative estimate of drug-likeness (QED) is 0.491. The van der Waals surface area contributed by atoms with E-state index >= 15 is 0 Å². The lowest BCUT2D eigenvalue weighted by molar-refractivity contribution is 0.0668. The zero-order valence-electron chi connectivity index (χ0n) is 19.1. The number of hydrogen-bond donors (Lipinski definition) is 2. The fourth-order valence-corrected chi connectivity index (χ4v) is 4.68. The normalized spacial score (nSPS) is 18.2. The fourth-order valence-electron chi connectivity index (χ4n) is 4.68. The van der Waals surface area contributed by atoms with Crippen molar-refractivity contribution in [1.82, 2.24) is 4.90 Å². The van der Waals surface area contributed by atoms with Crippen LogP contribution in [0.2, 0.25) is 0 Å². The maximum Gasteiger partial charge on any atom is 0.150 e. The number of ether oxygens (including phenoxy) is 2. The van der Waals surface area contributed by atoms with Crippen LogP contribution in [0.5, 0.6) is 23.0 Å². The molecule has 176 valence electrons. The molecule has 6 heteroatoms. The highest BCUT2D eigenvalue weighted by molar-refractivity contribution is 5.95. The molecule has 3 aromatic carbocycles. The van der Waals surface area contributed by atoms with Crippen LogP contribution in [0.25, 0.3) is 11.1 Å². The first-order valence-electron chi connectivity index (χ1n) is 11.5. The van der Waals surface area contributed by atoms with Gasteiger partial charge < -0.3 is 19.7 Å². The molecule has 5 rings (SSSR count). The van der Waals surface area contributed by atoms with Gasteiger partial charge in [0.2, 0.25) is 0 Å². The fraction of sp³-hybridized carbons (Fsp3) is 0.286. The number of likely N-dealkylation sites (tertiary alicyclic amines) is 1. The van der Waals surface area contributed by atoms with E-state index in [4.69, 9.17) is 9.47 Å². The predicted molar refractivity (Wildman–Crippen MR) is 130 cm³/mol. The van der Waals surface area contributed by atoms with Gasteiger partial charge in [-0.15, -0.1) is 0 Å². The summed E-state index contributed by atoms with van der Waals surface area (Å²) in [6.07, 6.45) is -0.383. The molecule has 5 nitrogen and oxygen atoms in total. The van der Waals surface area contributed by atoms with Crippen LogP contribution in [0.15, 0.2) is 66.7 Å². The van der Waals surface area contributed by atoms with Crippen molar-refractivity contribution in [2.45, 2.75) is 13.0 Å². The molecule has 0 bridgehead atoms. The third kappa shape index (κ3) is 4.46. The molecule has 0 amide bonds. The zero-order valence-corrected chi connectivity index (χ0v) is 19.1. The van der Waals surface area contributed by atoms with E-state index in [2.05, 4.69) is 4.90 Å². The summed E-state index contributed by atoms with van der Waals surface area (Å²) in [6.45, 7) is 4.77. The topological polar surface area (TPSA) is 62.2 Å². The number of rotatable bonds is 7. The van der Waals surface area contributed by atoms with Crippen LogP contribution < -0.4 is 9.47 Å². The molecule has 1 atom stereocenters. The molecular weight excluding hydrogens is 433 g/mol. The highest BCUT2D eigenvalue weighted by Gasteiger charge is 2.30. The standard InChI is InChI=1S/C28H28FNO4/c1-18-25-11-8-23(32)14-26(25)34-28(27(18)20-2-6-22(31)7-3-20)21-4-9-24(10-5-21)33-13-12-30-16-19(15-29)17-30/h2-11,14,19,28,31-32H,12-13,15-17H2,1H3. The van der Waals surface area contributed by atoms with Crippen LogP contribution in [-0.4, -0.2) is 48.0 Å². The smallest absolute Gasteiger partial charge is 0.150 e. The van der Waals surface area contributed by atoms with Gasteiger partial charge in [-0.3, -0.25) is 9.29 Å². The molecule has 2 aliphatic heterocycles. The lowest BCUT2D eigenvalue weighted by atomic mass is 9.86. The highest BCUT2D eigenvalue weighted by Crippen LogP contribution is 2.47. The Balaban J connectivity index is 1.37. The average Bonchev–Trinajstić information content (AvgIpc) is 2.81. The molecule has 1 unspecified atom stereocenters. The van der Waals surface area contributed by atoms with Gasteiger partial charge in [-0.25, -0.2) is 0 Å². The number of fused-ring (bicyclic) bond motifs is 1. The zero-order chi connectivity index (χ0) is 23.7. The van der Waals surface area contributed by atoms with E-state index in [1.54, 1.807) is 24.3 Å². The minimum Gasteiger partial charge on any atom is -0.508 e. The first kappa shape index (κ1) is 22.3. The molecule has 3 aromatic rings. The second-order valence-electron chi connectivity index (χ2n) is 8.96. The molecule has 0 spiro atoms. The van der Waals surface area contributed by atoms with E-state index in [0.717, 1.165) is 53.2 Å². The van der Waals surface area contributed by atoms with Gasteiger partial charge in [-0.05, 0) is 60.0 Å². The monoisotopic (exact) mass is 461 g/mol. The SMILES string of the molecule is CC1=C(c2ccc(O)cc2)C(c2ccc(OCCN3CC(CF)C3)cc2)Oc2cc(O)ccc21. The number of hydrogen-bond acceptors (Lipinski definition) is 5. The van der Waals surface area contributed by atoms with E-state index in [9.17, 15) is 14.6 Å². The molecule has 0 saturated carbocycles. The summed E-state index contributed by atoms with van der Waals surface area (Å²) >= 11 is 0. The Labute approximate surface area is 198 Å². The number of benzene rings is 3. The Morgan fingerprint density at radius 2 is 1.68 bits per heavy atom. The van der Waals surface area contributed by atoms with Gasteiger partial charge in [0, 0.05) is 42.8 Å². The number of alkyl halides is 1. The van der Waals surface area contributed by atoms with E-state index in [-0.39, 0.29) is 30.2 Å². The molecule has 1 fully saturated rings. The third-order valence-corrected chi connectivity index (χ3v) is 6.57. The highest BCUT2D eigenvalue weighted by atomic mass is 19.1. The second-order valence-corrected chi connectivity index (χ2v) is 8.96. The van der Waals surface area contributed by atoms with Crippen LogP contribution in [0.1, 0.15) is 29.7 Å². The summed E-state index contributed by atoms with van der Waals surface area (Å²) in [4.78, 5) is 2.19. The van der Waals surface area contributed by atoms with Gasteiger partial charge in [-0.2, -0.15) is 0 Å². The number of halogens is 1. The van der Waals surface area contributed by atoms with Gasteiger partial charge in [0.25, 0.3) is 0 Å². The first-order valence-corrected chi connectivity index (χ1v) is 11.5. The Morgan fingerprint density at radius 3 is 2.38 bits per heavy atom. The van der Waals surface area contributed by atoms with E-state index in [1.807, 2.05) is 49.4 Å². The van der Waals surface area contributed by atoms with Gasteiger partial charge in [0.05, 0.1) is 6.67 Å². The Morgan fingerprint density at radius 1 is 0.971 bits per heavy atom. The summed E-state index contributed by atoms with van der Waals surface area (Å²) in [5, 5.41) is 19.8. The van der Waals surface area contributed by atoms with Crippen LogP contribution in [0.4, 0.5) is 4.39 Å². The third-order valence-electron chi connectivity index (χ3n) is 6.57. The molecule has 2 N–H and O–H groups in total. The molecule has 0 radical (unpaired) electrons. The minimum absolute atomic E-state index is 0.155. The summed E-state index contributed by atoms with van der Waals surface area (Å²) in [5.41, 5.74) is 4.90. The maximum atomic E-state index is 12.6. The van der Waals surface area contributed by atoms with Crippen molar-refractivity contribution in [2.24, 2.45) is 5.92 Å². The van der Waals surface area contributed by atoms with Gasteiger partial charge in [0.15, 0.2) is 0 Å². The Bertz CT molecular complexity index is 1180. The molecular formula is C28H28FNO4. The van der Waals surface area contributed by atoms with Crippen LogP contribution >= 0.6 is 0 Å². The molecule has 2 aliphatic rings. The lowest BCUT2D eigenvalue weighted by Gasteiger charge is -2.37. The predicted octanol–water partition coefficient (Wildman–Crippen LogP) is 5.44. The first-order chi connectivity index (χ1) is 16.5. The maximum absolute atomic E-state index is 12.6. The Hall–Kier alpha value is -3.51. The summed E-state index contributed by atoms with van der Waals surface area (Å²) in [7, 11) is 0. The van der Waals surface area contributed by atoms with Crippen molar-refractivity contribution in [2.75, 3.05) is 32.9 Å². The summed E-state index contributed by atoms with van der Waals surface area (Å²) in [6, 6.07) is 20.1. The van der Waals surface area contributed by atoms with Crippen molar-refractivity contribution in [3.05, 3.63) is 83.4 Å². The number of allylic oxidation sites excluding steroid dienone is 1. The average molecular weight is 462 g/mol. The lowest BCUT2D eigenvalue weighted by Crippen LogP contribution is -2.49. The molecule has 0 aliphatic carbocycles. The van der Waals surface area contributed by atoms with Crippen LogP contribution in [0.3, 0.4) is 0 Å². The van der Waals surface area contributed by atoms with Crippen LogP contribution in [-0.2, 0) is 0 Å². The van der Waals surface area contributed by atoms with Gasteiger partial charge in [0.1, 0.15) is 35.7 Å². The van der Waals surface area contributed by atoms with E-state index < -0.39 is 0 Å². The van der Waals surface area contributed by atoms with Crippen molar-refractivity contribution in [1.29, 1.82) is 0 Å². The number of aromatic hydroxyl groups is 2. The van der Waals surface area contributed by atoms with E-state index in [0.29, 0.717) is 12.4 Å². The van der Waals surface area contributed by atoms with Crippen molar-refractivity contribution in [3.8, 4) is 23.0 Å². The van der Waals surface area contributed by atoms with Gasteiger partial charge in [-0.1, -0.05) is 24.3 Å². The molecule has 1 saturated heterocycles. The van der Waals surface area contributed by atoms with Crippen LogP contribution in [0, 0.1) is 5.92 Å². The largest absolute Gasteiger partial charge is 0.508 e. The van der Waals surface area contributed by atoms with E-state index in [1.165, 1.54) is 0 Å². The summed E-state index contributed by atoms with van der Waals surface area (Å²) in [5.74, 6) is 1.95.